The maximum absolute atomic E-state index is 10.3. The van der Waals surface area contributed by atoms with Gasteiger partial charge in [-0.3, -0.25) is 0 Å². The van der Waals surface area contributed by atoms with E-state index in [2.05, 4.69) is 4.98 Å². The Hall–Kier alpha value is -2.07. The molecule has 0 saturated carbocycles. The zero-order valence-electron chi connectivity index (χ0n) is 10.3. The molecule has 0 aliphatic heterocycles. The summed E-state index contributed by atoms with van der Waals surface area (Å²) in [5, 5.41) is 11.3. The molecule has 0 saturated heterocycles. The Balaban J connectivity index is 2.07. The number of aromatic nitrogens is 2. The Morgan fingerprint density at radius 2 is 2.17 bits per heavy atom. The Labute approximate surface area is 104 Å². The fraction of sp³-hybridized carbons (Fsp3) is 0.214. The van der Waals surface area contributed by atoms with Crippen molar-refractivity contribution in [2.45, 2.75) is 13.0 Å². The van der Waals surface area contributed by atoms with Crippen LogP contribution in [0.25, 0.3) is 11.0 Å². The standard InChI is InChI=1S/C14H14N2O2/c1-9-3-4-11-10(7-9)8-12(18-11)13(17)14-15-5-6-16(14)2/h3-8,13,17H,1-2H3. The van der Waals surface area contributed by atoms with Gasteiger partial charge in [-0.1, -0.05) is 11.6 Å². The first kappa shape index (κ1) is 11.0. The molecule has 1 atom stereocenters. The number of furan rings is 1. The maximum Gasteiger partial charge on any atom is 0.169 e. The second kappa shape index (κ2) is 3.99. The van der Waals surface area contributed by atoms with Crippen LogP contribution in [0.5, 0.6) is 0 Å². The van der Waals surface area contributed by atoms with E-state index in [0.717, 1.165) is 11.0 Å². The monoisotopic (exact) mass is 242 g/mol. The van der Waals surface area contributed by atoms with Crippen molar-refractivity contribution in [1.82, 2.24) is 9.55 Å². The number of imidazole rings is 1. The van der Waals surface area contributed by atoms with Gasteiger partial charge in [-0.25, -0.2) is 4.98 Å². The van der Waals surface area contributed by atoms with Crippen LogP contribution in [0.15, 0.2) is 41.1 Å². The zero-order chi connectivity index (χ0) is 12.7. The van der Waals surface area contributed by atoms with Gasteiger partial charge in [0.1, 0.15) is 17.2 Å². The molecule has 1 unspecified atom stereocenters. The van der Waals surface area contributed by atoms with Crippen molar-refractivity contribution >= 4 is 11.0 Å². The first-order valence-corrected chi connectivity index (χ1v) is 5.80. The van der Waals surface area contributed by atoms with Crippen molar-refractivity contribution in [2.75, 3.05) is 0 Å². The molecule has 1 N–H and O–H groups in total. The van der Waals surface area contributed by atoms with Crippen molar-refractivity contribution in [3.05, 3.63) is 53.8 Å². The van der Waals surface area contributed by atoms with Gasteiger partial charge in [0.15, 0.2) is 6.10 Å². The molecule has 3 aromatic rings. The lowest BCUT2D eigenvalue weighted by Gasteiger charge is -2.06. The third-order valence-electron chi connectivity index (χ3n) is 3.06. The van der Waals surface area contributed by atoms with Crippen molar-refractivity contribution in [3.63, 3.8) is 0 Å². The van der Waals surface area contributed by atoms with E-state index in [-0.39, 0.29) is 0 Å². The van der Waals surface area contributed by atoms with E-state index < -0.39 is 6.10 Å². The minimum atomic E-state index is -0.835. The van der Waals surface area contributed by atoms with Crippen LogP contribution in [-0.2, 0) is 7.05 Å². The average molecular weight is 242 g/mol. The van der Waals surface area contributed by atoms with Crippen LogP contribution in [0, 0.1) is 6.92 Å². The van der Waals surface area contributed by atoms with Crippen molar-refractivity contribution in [2.24, 2.45) is 7.05 Å². The number of aryl methyl sites for hydroxylation is 2. The molecule has 2 heterocycles. The second-order valence-corrected chi connectivity index (χ2v) is 4.49. The number of aliphatic hydroxyl groups excluding tert-OH is 1. The van der Waals surface area contributed by atoms with Crippen LogP contribution in [0.4, 0.5) is 0 Å². The summed E-state index contributed by atoms with van der Waals surface area (Å²) in [6, 6.07) is 7.80. The van der Waals surface area contributed by atoms with E-state index in [1.165, 1.54) is 5.56 Å². The summed E-state index contributed by atoms with van der Waals surface area (Å²) >= 11 is 0. The molecule has 92 valence electrons. The van der Waals surface area contributed by atoms with E-state index in [0.29, 0.717) is 11.6 Å². The van der Waals surface area contributed by atoms with Gasteiger partial charge in [0.25, 0.3) is 0 Å². The molecule has 0 amide bonds. The molecule has 1 aromatic carbocycles. The zero-order valence-corrected chi connectivity index (χ0v) is 10.3. The van der Waals surface area contributed by atoms with E-state index in [1.807, 2.05) is 38.2 Å². The van der Waals surface area contributed by atoms with Crippen LogP contribution in [-0.4, -0.2) is 14.7 Å². The Kier molecular flexibility index (Phi) is 2.45. The summed E-state index contributed by atoms with van der Waals surface area (Å²) < 4.78 is 7.44. The molecule has 0 radical (unpaired) electrons. The molecule has 0 aliphatic carbocycles. The Bertz CT molecular complexity index is 697. The van der Waals surface area contributed by atoms with E-state index >= 15 is 0 Å². The van der Waals surface area contributed by atoms with Crippen LogP contribution in [0.3, 0.4) is 0 Å². The number of fused-ring (bicyclic) bond motifs is 1. The smallest absolute Gasteiger partial charge is 0.169 e. The highest BCUT2D eigenvalue weighted by Gasteiger charge is 2.19. The Morgan fingerprint density at radius 3 is 2.89 bits per heavy atom. The van der Waals surface area contributed by atoms with Gasteiger partial charge >= 0.3 is 0 Å². The number of nitrogens with zero attached hydrogens (tertiary/aromatic N) is 2. The van der Waals surface area contributed by atoms with Crippen molar-refractivity contribution in [1.29, 1.82) is 0 Å². The van der Waals surface area contributed by atoms with Crippen LogP contribution in [0.1, 0.15) is 23.3 Å². The highest BCUT2D eigenvalue weighted by molar-refractivity contribution is 5.78. The predicted octanol–water partition coefficient (Wildman–Crippen LogP) is 2.56. The highest BCUT2D eigenvalue weighted by Crippen LogP contribution is 2.27. The first-order valence-electron chi connectivity index (χ1n) is 5.80. The molecule has 3 rings (SSSR count). The Morgan fingerprint density at radius 1 is 1.33 bits per heavy atom. The number of hydrogen-bond acceptors (Lipinski definition) is 3. The molecule has 0 aliphatic rings. The van der Waals surface area contributed by atoms with Gasteiger partial charge < -0.3 is 14.1 Å². The third kappa shape index (κ3) is 1.71. The van der Waals surface area contributed by atoms with E-state index in [4.69, 9.17) is 4.42 Å². The molecule has 4 heteroatoms. The number of aliphatic hydroxyl groups is 1. The normalized spacial score (nSPS) is 13.1. The molecular weight excluding hydrogens is 228 g/mol. The van der Waals surface area contributed by atoms with Crippen LogP contribution >= 0.6 is 0 Å². The molecule has 4 nitrogen and oxygen atoms in total. The van der Waals surface area contributed by atoms with Gasteiger partial charge in [-0.15, -0.1) is 0 Å². The molecule has 0 bridgehead atoms. The van der Waals surface area contributed by atoms with Gasteiger partial charge in [-0.05, 0) is 25.1 Å². The summed E-state index contributed by atoms with van der Waals surface area (Å²) in [6.07, 6.45) is 2.62. The minimum absolute atomic E-state index is 0.518. The van der Waals surface area contributed by atoms with Gasteiger partial charge in [0, 0.05) is 24.8 Å². The van der Waals surface area contributed by atoms with Gasteiger partial charge in [0.2, 0.25) is 0 Å². The highest BCUT2D eigenvalue weighted by atomic mass is 16.4. The summed E-state index contributed by atoms with van der Waals surface area (Å²) in [5.41, 5.74) is 1.95. The van der Waals surface area contributed by atoms with Crippen LogP contribution in [0.2, 0.25) is 0 Å². The predicted molar refractivity (Wildman–Crippen MR) is 68.2 cm³/mol. The maximum atomic E-state index is 10.3. The fourth-order valence-electron chi connectivity index (χ4n) is 2.09. The number of hydrogen-bond donors (Lipinski definition) is 1. The lowest BCUT2D eigenvalue weighted by Crippen LogP contribution is -2.05. The molecule has 0 spiro atoms. The topological polar surface area (TPSA) is 51.2 Å². The summed E-state index contributed by atoms with van der Waals surface area (Å²) in [6.45, 7) is 2.03. The van der Waals surface area contributed by atoms with Crippen molar-refractivity contribution < 1.29 is 9.52 Å². The lowest BCUT2D eigenvalue weighted by molar-refractivity contribution is 0.179. The summed E-state index contributed by atoms with van der Waals surface area (Å²) in [7, 11) is 1.85. The molecule has 2 aromatic heterocycles. The first-order chi connectivity index (χ1) is 8.65. The third-order valence-corrected chi connectivity index (χ3v) is 3.06. The molecule has 0 fully saturated rings. The van der Waals surface area contributed by atoms with E-state index in [1.54, 1.807) is 17.0 Å². The number of rotatable bonds is 2. The molecular formula is C14H14N2O2. The summed E-state index contributed by atoms with van der Waals surface area (Å²) in [5.74, 6) is 1.09. The number of benzene rings is 1. The van der Waals surface area contributed by atoms with Gasteiger partial charge in [-0.2, -0.15) is 0 Å². The van der Waals surface area contributed by atoms with Gasteiger partial charge in [0.05, 0.1) is 0 Å². The largest absolute Gasteiger partial charge is 0.458 e. The van der Waals surface area contributed by atoms with E-state index in [9.17, 15) is 5.11 Å². The second-order valence-electron chi connectivity index (χ2n) is 4.49. The SMILES string of the molecule is Cc1ccc2oc(C(O)c3nccn3C)cc2c1. The quantitative estimate of drug-likeness (QED) is 0.751. The summed E-state index contributed by atoms with van der Waals surface area (Å²) in [4.78, 5) is 4.13. The lowest BCUT2D eigenvalue weighted by atomic mass is 10.1. The molecule has 18 heavy (non-hydrogen) atoms. The van der Waals surface area contributed by atoms with Crippen molar-refractivity contribution in [3.8, 4) is 0 Å². The average Bonchev–Trinajstić information content (AvgIpc) is 2.93. The fourth-order valence-corrected chi connectivity index (χ4v) is 2.09. The minimum Gasteiger partial charge on any atom is -0.458 e. The van der Waals surface area contributed by atoms with Crippen LogP contribution < -0.4 is 0 Å².